The number of ether oxygens (including phenoxy) is 1. The highest BCUT2D eigenvalue weighted by Crippen LogP contribution is 2.44. The molecule has 7 heteroatoms. The van der Waals surface area contributed by atoms with Gasteiger partial charge in [-0.1, -0.05) is 48.5 Å². The van der Waals surface area contributed by atoms with E-state index >= 15 is 0 Å². The third kappa shape index (κ3) is 3.20. The Kier molecular flexibility index (Phi) is 4.43. The normalized spacial score (nSPS) is 12.4. The number of nitrogens with one attached hydrogen (secondary N) is 2. The average molecular weight is 416 g/mol. The monoisotopic (exact) mass is 416 g/mol. The highest BCUT2D eigenvalue weighted by atomic mass is 19.1. The zero-order valence-electron chi connectivity index (χ0n) is 16.2. The van der Waals surface area contributed by atoms with E-state index < -0.39 is 17.9 Å². The fourth-order valence-corrected chi connectivity index (χ4v) is 4.22. The molecule has 0 fully saturated rings. The summed E-state index contributed by atoms with van der Waals surface area (Å²) >= 11 is 0. The molecule has 0 saturated carbocycles. The largest absolute Gasteiger partial charge is 0.478 e. The summed E-state index contributed by atoms with van der Waals surface area (Å²) in [6.07, 6.45) is -0.795. The summed E-state index contributed by atoms with van der Waals surface area (Å²) in [6.45, 7) is 0.0944. The van der Waals surface area contributed by atoms with E-state index in [0.29, 0.717) is 5.39 Å². The molecule has 6 nitrogen and oxygen atoms in total. The van der Waals surface area contributed by atoms with Crippen LogP contribution in [0.3, 0.4) is 0 Å². The predicted octanol–water partition coefficient (Wildman–Crippen LogP) is 5.37. The molecule has 0 aliphatic heterocycles. The number of carbonyl (C=O) groups excluding carboxylic acids is 1. The van der Waals surface area contributed by atoms with Crippen LogP contribution in [0.15, 0.2) is 66.7 Å². The summed E-state index contributed by atoms with van der Waals surface area (Å²) in [5.41, 5.74) is 4.48. The van der Waals surface area contributed by atoms with Crippen molar-refractivity contribution in [3.63, 3.8) is 0 Å². The Morgan fingerprint density at radius 3 is 2.29 bits per heavy atom. The van der Waals surface area contributed by atoms with Gasteiger partial charge >= 0.3 is 12.1 Å². The number of aromatic nitrogens is 1. The molecule has 0 unspecified atom stereocenters. The third-order valence-electron chi connectivity index (χ3n) is 5.55. The first kappa shape index (κ1) is 18.9. The number of benzene rings is 3. The van der Waals surface area contributed by atoms with E-state index in [9.17, 15) is 19.1 Å². The molecule has 31 heavy (non-hydrogen) atoms. The highest BCUT2D eigenvalue weighted by Gasteiger charge is 2.29. The van der Waals surface area contributed by atoms with Crippen LogP contribution in [0.25, 0.3) is 22.0 Å². The number of H-pyrrole nitrogens is 1. The van der Waals surface area contributed by atoms with Crippen molar-refractivity contribution in [1.29, 1.82) is 0 Å². The van der Waals surface area contributed by atoms with Crippen molar-refractivity contribution in [2.75, 3.05) is 11.9 Å². The Balaban J connectivity index is 1.38. The molecule has 3 N–H and O–H groups in total. The molecular weight excluding hydrogens is 399 g/mol. The van der Waals surface area contributed by atoms with Crippen LogP contribution < -0.4 is 5.32 Å². The summed E-state index contributed by atoms with van der Waals surface area (Å²) < 4.78 is 19.0. The lowest BCUT2D eigenvalue weighted by molar-refractivity contribution is 0.0700. The fourth-order valence-electron chi connectivity index (χ4n) is 4.22. The van der Waals surface area contributed by atoms with E-state index in [1.807, 2.05) is 48.5 Å². The maximum Gasteiger partial charge on any atom is 0.412 e. The fraction of sp³-hybridized carbons (Fsp3) is 0.0833. The van der Waals surface area contributed by atoms with Gasteiger partial charge in [0, 0.05) is 11.3 Å². The van der Waals surface area contributed by atoms with E-state index in [4.69, 9.17) is 4.74 Å². The predicted molar refractivity (Wildman–Crippen MR) is 114 cm³/mol. The SMILES string of the molecule is O=C(Nc1[nH]c2cc(F)ccc2c1C(=O)O)OCC1c2ccccc2-c2ccccc21. The Labute approximate surface area is 176 Å². The van der Waals surface area contributed by atoms with Crippen molar-refractivity contribution >= 4 is 28.8 Å². The van der Waals surface area contributed by atoms with Gasteiger partial charge in [-0.25, -0.2) is 14.0 Å². The number of rotatable bonds is 4. The molecule has 1 amide bonds. The average Bonchev–Trinajstić information content (AvgIpc) is 3.27. The van der Waals surface area contributed by atoms with E-state index in [-0.39, 0.29) is 29.4 Å². The van der Waals surface area contributed by atoms with Crippen molar-refractivity contribution in [1.82, 2.24) is 4.98 Å². The number of aromatic carboxylic acids is 1. The highest BCUT2D eigenvalue weighted by molar-refractivity contribution is 6.10. The first-order chi connectivity index (χ1) is 15.0. The van der Waals surface area contributed by atoms with E-state index in [1.54, 1.807) is 0 Å². The number of halogens is 1. The van der Waals surface area contributed by atoms with Crippen LogP contribution in [0.5, 0.6) is 0 Å². The minimum atomic E-state index is -1.24. The summed E-state index contributed by atoms with van der Waals surface area (Å²) in [4.78, 5) is 26.9. The molecule has 1 aliphatic rings. The van der Waals surface area contributed by atoms with E-state index in [0.717, 1.165) is 22.3 Å². The van der Waals surface area contributed by atoms with Crippen LogP contribution in [0.4, 0.5) is 15.0 Å². The smallest absolute Gasteiger partial charge is 0.412 e. The minimum absolute atomic E-state index is 0.0506. The summed E-state index contributed by atoms with van der Waals surface area (Å²) in [7, 11) is 0. The summed E-state index contributed by atoms with van der Waals surface area (Å²) in [6, 6.07) is 19.6. The van der Waals surface area contributed by atoms with Crippen LogP contribution in [0, 0.1) is 5.82 Å². The Morgan fingerprint density at radius 2 is 1.65 bits per heavy atom. The topological polar surface area (TPSA) is 91.4 Å². The van der Waals surface area contributed by atoms with Crippen LogP contribution in [0.2, 0.25) is 0 Å². The van der Waals surface area contributed by atoms with Gasteiger partial charge < -0.3 is 14.8 Å². The maximum atomic E-state index is 13.5. The van der Waals surface area contributed by atoms with Gasteiger partial charge in [-0.15, -0.1) is 0 Å². The van der Waals surface area contributed by atoms with Crippen molar-refractivity contribution in [2.24, 2.45) is 0 Å². The van der Waals surface area contributed by atoms with Crippen molar-refractivity contribution in [2.45, 2.75) is 5.92 Å². The molecule has 1 aliphatic carbocycles. The van der Waals surface area contributed by atoms with Gasteiger partial charge in [0.25, 0.3) is 0 Å². The molecule has 0 radical (unpaired) electrons. The summed E-state index contributed by atoms with van der Waals surface area (Å²) in [5, 5.41) is 12.3. The molecule has 0 bridgehead atoms. The molecule has 0 saturated heterocycles. The quantitative estimate of drug-likeness (QED) is 0.417. The van der Waals surface area contributed by atoms with E-state index in [2.05, 4.69) is 10.3 Å². The number of anilines is 1. The van der Waals surface area contributed by atoms with Crippen molar-refractivity contribution < 1.29 is 23.8 Å². The van der Waals surface area contributed by atoms with Gasteiger partial charge in [0.15, 0.2) is 0 Å². The standard InChI is InChI=1S/C24H17FN2O4/c25-13-9-10-18-20(11-13)26-22(21(18)23(28)29)27-24(30)31-12-19-16-7-3-1-5-14(16)15-6-2-4-8-17(15)19/h1-11,19,26H,12H2,(H,27,30)(H,28,29). The van der Waals surface area contributed by atoms with Gasteiger partial charge in [0.2, 0.25) is 0 Å². The number of fused-ring (bicyclic) bond motifs is 4. The van der Waals surface area contributed by atoms with E-state index in [1.165, 1.54) is 18.2 Å². The number of carboxylic acid groups (broad SMARTS) is 1. The molecule has 5 rings (SSSR count). The number of carbonyl (C=O) groups is 2. The number of hydrogen-bond donors (Lipinski definition) is 3. The lowest BCUT2D eigenvalue weighted by atomic mass is 9.98. The van der Waals surface area contributed by atoms with Crippen LogP contribution in [0.1, 0.15) is 27.4 Å². The van der Waals surface area contributed by atoms with Gasteiger partial charge in [-0.2, -0.15) is 0 Å². The second-order valence-electron chi connectivity index (χ2n) is 7.32. The van der Waals surface area contributed by atoms with Gasteiger partial charge in [-0.3, -0.25) is 5.32 Å². The molecule has 154 valence electrons. The van der Waals surface area contributed by atoms with Crippen molar-refractivity contribution in [3.8, 4) is 11.1 Å². The molecule has 0 atom stereocenters. The lowest BCUT2D eigenvalue weighted by Crippen LogP contribution is -2.19. The molecule has 0 spiro atoms. The zero-order valence-corrected chi connectivity index (χ0v) is 16.2. The van der Waals surface area contributed by atoms with Crippen LogP contribution >= 0.6 is 0 Å². The summed E-state index contributed by atoms with van der Waals surface area (Å²) in [5.74, 6) is -1.93. The Morgan fingerprint density at radius 1 is 1.00 bits per heavy atom. The first-order valence-corrected chi connectivity index (χ1v) is 9.69. The second-order valence-corrected chi connectivity index (χ2v) is 7.32. The number of amides is 1. The lowest BCUT2D eigenvalue weighted by Gasteiger charge is -2.14. The molecule has 1 heterocycles. The second kappa shape index (κ2) is 7.28. The Bertz CT molecular complexity index is 1300. The Hall–Kier alpha value is -4.13. The van der Waals surface area contributed by atoms with Crippen LogP contribution in [-0.2, 0) is 4.74 Å². The molecular formula is C24H17FN2O4. The number of hydrogen-bond acceptors (Lipinski definition) is 3. The van der Waals surface area contributed by atoms with Gasteiger partial charge in [0.05, 0.1) is 5.52 Å². The number of carboxylic acids is 1. The molecule has 1 aromatic heterocycles. The first-order valence-electron chi connectivity index (χ1n) is 9.69. The maximum absolute atomic E-state index is 13.5. The minimum Gasteiger partial charge on any atom is -0.478 e. The molecule has 4 aromatic rings. The third-order valence-corrected chi connectivity index (χ3v) is 5.55. The zero-order chi connectivity index (χ0) is 21.5. The van der Waals surface area contributed by atoms with Gasteiger partial charge in [0.1, 0.15) is 23.8 Å². The number of aromatic amines is 1. The van der Waals surface area contributed by atoms with Crippen molar-refractivity contribution in [3.05, 3.63) is 89.2 Å². The van der Waals surface area contributed by atoms with Gasteiger partial charge in [-0.05, 0) is 40.5 Å². The molecule has 3 aromatic carbocycles. The van der Waals surface area contributed by atoms with Crippen LogP contribution in [-0.4, -0.2) is 28.8 Å².